The number of carbonyl (C=O) groups is 1. The van der Waals surface area contributed by atoms with Gasteiger partial charge in [0.25, 0.3) is 0 Å². The summed E-state index contributed by atoms with van der Waals surface area (Å²) < 4.78 is 19.4. The van der Waals surface area contributed by atoms with E-state index >= 15 is 0 Å². The van der Waals surface area contributed by atoms with Crippen LogP contribution in [0.5, 0.6) is 0 Å². The predicted octanol–water partition coefficient (Wildman–Crippen LogP) is 1.21. The number of fused-ring (bicyclic) bond motifs is 1. The van der Waals surface area contributed by atoms with Gasteiger partial charge in [-0.2, -0.15) is 0 Å². The second kappa shape index (κ2) is 6.41. The fraction of sp³-hybridized carbons (Fsp3) is 0.467. The van der Waals surface area contributed by atoms with Crippen LogP contribution in [0, 0.1) is 5.82 Å². The minimum absolute atomic E-state index is 0.0850. The Morgan fingerprint density at radius 1 is 1.55 bits per heavy atom. The Morgan fingerprint density at radius 2 is 2.41 bits per heavy atom. The number of hydrogen-bond acceptors (Lipinski definition) is 4. The number of ether oxygens (including phenoxy) is 1. The Kier molecular flexibility index (Phi) is 4.35. The van der Waals surface area contributed by atoms with Gasteiger partial charge < -0.3 is 20.8 Å². The van der Waals surface area contributed by atoms with Gasteiger partial charge in [-0.1, -0.05) is 0 Å². The van der Waals surface area contributed by atoms with Crippen molar-refractivity contribution in [2.45, 2.75) is 38.0 Å². The van der Waals surface area contributed by atoms with Crippen LogP contribution in [-0.4, -0.2) is 34.6 Å². The van der Waals surface area contributed by atoms with E-state index in [-0.39, 0.29) is 36.8 Å². The van der Waals surface area contributed by atoms with Crippen molar-refractivity contribution in [2.24, 2.45) is 5.73 Å². The van der Waals surface area contributed by atoms with Crippen LogP contribution in [0.4, 0.5) is 4.39 Å². The summed E-state index contributed by atoms with van der Waals surface area (Å²) >= 11 is 0. The summed E-state index contributed by atoms with van der Waals surface area (Å²) in [6.45, 7) is 0.686. The van der Waals surface area contributed by atoms with E-state index in [0.717, 1.165) is 11.9 Å². The molecule has 7 heteroatoms. The zero-order chi connectivity index (χ0) is 15.5. The Hall–Kier alpha value is -1.99. The first-order chi connectivity index (χ1) is 10.6. The lowest BCUT2D eigenvalue weighted by Gasteiger charge is -2.26. The molecule has 1 aliphatic rings. The predicted molar refractivity (Wildman–Crippen MR) is 79.5 cm³/mol. The molecule has 1 aromatic carbocycles. The molecule has 118 valence electrons. The second-order valence-electron chi connectivity index (χ2n) is 5.58. The first-order valence-electron chi connectivity index (χ1n) is 7.38. The zero-order valence-electron chi connectivity index (χ0n) is 12.1. The highest BCUT2D eigenvalue weighted by Crippen LogP contribution is 2.19. The van der Waals surface area contributed by atoms with Gasteiger partial charge in [0.15, 0.2) is 0 Å². The first kappa shape index (κ1) is 14.9. The number of hydrogen-bond donors (Lipinski definition) is 3. The molecule has 2 unspecified atom stereocenters. The fourth-order valence-corrected chi connectivity index (χ4v) is 2.73. The topological polar surface area (TPSA) is 93.0 Å². The van der Waals surface area contributed by atoms with Gasteiger partial charge in [-0.3, -0.25) is 4.79 Å². The molecule has 6 nitrogen and oxygen atoms in total. The molecule has 1 amide bonds. The Balaban J connectivity index is 1.60. The van der Waals surface area contributed by atoms with E-state index in [4.69, 9.17) is 10.5 Å². The smallest absolute Gasteiger partial charge is 0.222 e. The normalized spacial score (nSPS) is 21.9. The van der Waals surface area contributed by atoms with Crippen LogP contribution < -0.4 is 11.1 Å². The third-order valence-corrected chi connectivity index (χ3v) is 3.92. The summed E-state index contributed by atoms with van der Waals surface area (Å²) in [6, 6.07) is 3.08. The van der Waals surface area contributed by atoms with E-state index in [1.54, 1.807) is 6.07 Å². The highest BCUT2D eigenvalue weighted by Gasteiger charge is 2.22. The number of nitrogens with zero attached hydrogens (tertiary/aromatic N) is 1. The highest BCUT2D eigenvalue weighted by molar-refractivity contribution is 5.80. The molecule has 0 aliphatic carbocycles. The van der Waals surface area contributed by atoms with Crippen LogP contribution >= 0.6 is 0 Å². The highest BCUT2D eigenvalue weighted by atomic mass is 19.1. The number of carbonyl (C=O) groups excluding carboxylic acids is 1. The van der Waals surface area contributed by atoms with Crippen molar-refractivity contribution in [1.29, 1.82) is 0 Å². The van der Waals surface area contributed by atoms with Gasteiger partial charge in [-0.05, 0) is 25.0 Å². The van der Waals surface area contributed by atoms with E-state index in [2.05, 4.69) is 15.3 Å². The summed E-state index contributed by atoms with van der Waals surface area (Å²) in [5, 5.41) is 2.73. The monoisotopic (exact) mass is 306 g/mol. The Labute approximate surface area is 127 Å². The lowest BCUT2D eigenvalue weighted by atomic mass is 10.0. The van der Waals surface area contributed by atoms with E-state index in [1.807, 2.05) is 0 Å². The van der Waals surface area contributed by atoms with E-state index in [1.165, 1.54) is 12.4 Å². The fourth-order valence-electron chi connectivity index (χ4n) is 2.73. The standard InChI is InChI=1S/C15H19FN4O2/c16-12-1-2-13-15(20-8-19-13)11(12)7-18-14(21)6-10-5-9(17)3-4-22-10/h1-2,8-10H,3-7,17H2,(H,18,21)(H,19,20). The number of benzene rings is 1. The summed E-state index contributed by atoms with van der Waals surface area (Å²) in [5.41, 5.74) is 7.53. The average molecular weight is 306 g/mol. The molecule has 0 saturated carbocycles. The van der Waals surface area contributed by atoms with Gasteiger partial charge >= 0.3 is 0 Å². The lowest BCUT2D eigenvalue weighted by Crippen LogP contribution is -2.37. The van der Waals surface area contributed by atoms with Crippen molar-refractivity contribution >= 4 is 16.9 Å². The Bertz CT molecular complexity index is 673. The van der Waals surface area contributed by atoms with Crippen LogP contribution in [-0.2, 0) is 16.1 Å². The van der Waals surface area contributed by atoms with Crippen molar-refractivity contribution in [3.63, 3.8) is 0 Å². The second-order valence-corrected chi connectivity index (χ2v) is 5.58. The van der Waals surface area contributed by atoms with Gasteiger partial charge in [-0.25, -0.2) is 9.37 Å². The summed E-state index contributed by atoms with van der Waals surface area (Å²) in [6.07, 6.45) is 3.09. The lowest BCUT2D eigenvalue weighted by molar-refractivity contribution is -0.125. The van der Waals surface area contributed by atoms with Gasteiger partial charge in [0.1, 0.15) is 5.82 Å². The van der Waals surface area contributed by atoms with Crippen molar-refractivity contribution < 1.29 is 13.9 Å². The molecular weight excluding hydrogens is 287 g/mol. The van der Waals surface area contributed by atoms with Crippen LogP contribution in [0.15, 0.2) is 18.5 Å². The number of aromatic amines is 1. The van der Waals surface area contributed by atoms with Crippen molar-refractivity contribution in [2.75, 3.05) is 6.61 Å². The molecule has 1 saturated heterocycles. The minimum Gasteiger partial charge on any atom is -0.378 e. The van der Waals surface area contributed by atoms with Crippen LogP contribution in [0.25, 0.3) is 11.0 Å². The number of halogens is 1. The number of nitrogens with one attached hydrogen (secondary N) is 2. The third-order valence-electron chi connectivity index (χ3n) is 3.92. The number of nitrogens with two attached hydrogens (primary N) is 1. The Morgan fingerprint density at radius 3 is 3.23 bits per heavy atom. The summed E-state index contributed by atoms with van der Waals surface area (Å²) in [7, 11) is 0. The van der Waals surface area contributed by atoms with E-state index in [9.17, 15) is 9.18 Å². The van der Waals surface area contributed by atoms with Crippen LogP contribution in [0.3, 0.4) is 0 Å². The molecule has 2 aromatic rings. The molecule has 2 heterocycles. The quantitative estimate of drug-likeness (QED) is 0.791. The molecule has 0 spiro atoms. The number of amides is 1. The largest absolute Gasteiger partial charge is 0.378 e. The molecule has 2 atom stereocenters. The van der Waals surface area contributed by atoms with Gasteiger partial charge in [0.2, 0.25) is 5.91 Å². The minimum atomic E-state index is -0.379. The maximum Gasteiger partial charge on any atom is 0.222 e. The van der Waals surface area contributed by atoms with Gasteiger partial charge in [0.05, 0.1) is 29.9 Å². The number of aromatic nitrogens is 2. The number of rotatable bonds is 4. The molecule has 3 rings (SSSR count). The summed E-state index contributed by atoms with van der Waals surface area (Å²) in [4.78, 5) is 19.0. The van der Waals surface area contributed by atoms with Gasteiger partial charge in [0, 0.05) is 24.8 Å². The molecule has 0 bridgehead atoms. The molecular formula is C15H19FN4O2. The van der Waals surface area contributed by atoms with Gasteiger partial charge in [-0.15, -0.1) is 0 Å². The van der Waals surface area contributed by atoms with Crippen molar-refractivity contribution in [1.82, 2.24) is 15.3 Å². The molecule has 1 aromatic heterocycles. The van der Waals surface area contributed by atoms with Crippen LogP contribution in [0.2, 0.25) is 0 Å². The molecule has 1 fully saturated rings. The number of imidazole rings is 1. The molecule has 4 N–H and O–H groups in total. The summed E-state index contributed by atoms with van der Waals surface area (Å²) in [5.74, 6) is -0.554. The molecule has 0 radical (unpaired) electrons. The van der Waals surface area contributed by atoms with Crippen LogP contribution in [0.1, 0.15) is 24.8 Å². The molecule has 22 heavy (non-hydrogen) atoms. The zero-order valence-corrected chi connectivity index (χ0v) is 12.1. The first-order valence-corrected chi connectivity index (χ1v) is 7.38. The third kappa shape index (κ3) is 3.26. The average Bonchev–Trinajstić information content (AvgIpc) is 2.95. The van der Waals surface area contributed by atoms with Crippen molar-refractivity contribution in [3.8, 4) is 0 Å². The SMILES string of the molecule is NC1CCOC(CC(=O)NCc2c(F)ccc3[nH]cnc23)C1. The van der Waals surface area contributed by atoms with Crippen molar-refractivity contribution in [3.05, 3.63) is 29.8 Å². The van der Waals surface area contributed by atoms with E-state index < -0.39 is 0 Å². The number of H-pyrrole nitrogens is 1. The maximum atomic E-state index is 13.9. The van der Waals surface area contributed by atoms with E-state index in [0.29, 0.717) is 24.1 Å². The maximum absolute atomic E-state index is 13.9. The molecule has 1 aliphatic heterocycles.